The van der Waals surface area contributed by atoms with E-state index in [0.717, 1.165) is 24.8 Å². The van der Waals surface area contributed by atoms with Crippen LogP contribution in [-0.4, -0.2) is 34.2 Å². The number of ether oxygens (including phenoxy) is 1. The Morgan fingerprint density at radius 2 is 2.05 bits per heavy atom. The van der Waals surface area contributed by atoms with Gasteiger partial charge in [0, 0.05) is 18.7 Å². The highest BCUT2D eigenvalue weighted by Gasteiger charge is 2.31. The molecule has 0 aromatic heterocycles. The van der Waals surface area contributed by atoms with Crippen LogP contribution in [-0.2, 0) is 14.8 Å². The van der Waals surface area contributed by atoms with Gasteiger partial charge in [0.25, 0.3) is 0 Å². The highest BCUT2D eigenvalue weighted by atomic mass is 32.2. The molecule has 2 unspecified atom stereocenters. The van der Waals surface area contributed by atoms with Gasteiger partial charge in [0.05, 0.1) is 17.5 Å². The van der Waals surface area contributed by atoms with Gasteiger partial charge in [-0.2, -0.15) is 0 Å². The molecule has 1 aromatic carbocycles. The maximum Gasteiger partial charge on any atom is 0.240 e. The van der Waals surface area contributed by atoms with Gasteiger partial charge in [-0.05, 0) is 43.5 Å². The van der Waals surface area contributed by atoms with Gasteiger partial charge in [-0.1, -0.05) is 11.8 Å². The van der Waals surface area contributed by atoms with Gasteiger partial charge in [0.1, 0.15) is 0 Å². The first-order valence-electron chi connectivity index (χ1n) is 6.91. The Morgan fingerprint density at radius 3 is 2.67 bits per heavy atom. The first-order chi connectivity index (χ1) is 10.1. The van der Waals surface area contributed by atoms with Crippen LogP contribution in [0.15, 0.2) is 29.2 Å². The van der Waals surface area contributed by atoms with Crippen molar-refractivity contribution in [3.05, 3.63) is 29.8 Å². The molecular formula is C15H20N2O3S. The van der Waals surface area contributed by atoms with Gasteiger partial charge in [-0.15, -0.1) is 0 Å². The molecule has 1 aliphatic carbocycles. The fourth-order valence-electron chi connectivity index (χ4n) is 2.48. The minimum Gasteiger partial charge on any atom is -0.380 e. The van der Waals surface area contributed by atoms with Crippen LogP contribution in [0.3, 0.4) is 0 Å². The van der Waals surface area contributed by atoms with Crippen molar-refractivity contribution in [2.45, 2.75) is 36.3 Å². The molecule has 2 atom stereocenters. The molecule has 0 saturated heterocycles. The van der Waals surface area contributed by atoms with E-state index in [1.165, 1.54) is 0 Å². The van der Waals surface area contributed by atoms with Crippen molar-refractivity contribution < 1.29 is 13.2 Å². The molecule has 0 aliphatic heterocycles. The molecule has 3 N–H and O–H groups in total. The summed E-state index contributed by atoms with van der Waals surface area (Å²) in [6.07, 6.45) is 2.61. The molecule has 5 nitrogen and oxygen atoms in total. The Hall–Kier alpha value is -1.39. The Labute approximate surface area is 125 Å². The predicted octanol–water partition coefficient (Wildman–Crippen LogP) is 0.843. The second-order valence-corrected chi connectivity index (χ2v) is 6.68. The summed E-state index contributed by atoms with van der Waals surface area (Å²) in [7, 11) is -1.91. The van der Waals surface area contributed by atoms with Crippen LogP contribution in [0.2, 0.25) is 0 Å². The molecule has 1 saturated carbocycles. The number of nitrogens with one attached hydrogen (secondary N) is 1. The molecule has 1 fully saturated rings. The highest BCUT2D eigenvalue weighted by molar-refractivity contribution is 7.89. The van der Waals surface area contributed by atoms with Crippen LogP contribution in [0, 0.1) is 11.8 Å². The summed E-state index contributed by atoms with van der Waals surface area (Å²) in [6.45, 7) is 0.279. The topological polar surface area (TPSA) is 81.4 Å². The van der Waals surface area contributed by atoms with Crippen LogP contribution >= 0.6 is 0 Å². The number of rotatable bonds is 4. The van der Waals surface area contributed by atoms with E-state index in [-0.39, 0.29) is 23.6 Å². The number of hydrogen-bond acceptors (Lipinski definition) is 4. The van der Waals surface area contributed by atoms with Crippen LogP contribution in [0.25, 0.3) is 0 Å². The predicted molar refractivity (Wildman–Crippen MR) is 81.1 cm³/mol. The largest absolute Gasteiger partial charge is 0.380 e. The van der Waals surface area contributed by atoms with Crippen molar-refractivity contribution in [2.24, 2.45) is 5.73 Å². The summed E-state index contributed by atoms with van der Waals surface area (Å²) < 4.78 is 32.7. The van der Waals surface area contributed by atoms with Crippen molar-refractivity contribution in [3.8, 4) is 11.8 Å². The van der Waals surface area contributed by atoms with E-state index < -0.39 is 10.0 Å². The van der Waals surface area contributed by atoms with Gasteiger partial charge in [0.15, 0.2) is 0 Å². The fraction of sp³-hybridized carbons (Fsp3) is 0.467. The number of sulfonamides is 1. The molecule has 0 bridgehead atoms. The summed E-state index contributed by atoms with van der Waals surface area (Å²) in [4.78, 5) is 0.238. The second kappa shape index (κ2) is 7.05. The first-order valence-corrected chi connectivity index (χ1v) is 8.39. The van der Waals surface area contributed by atoms with Crippen molar-refractivity contribution in [1.29, 1.82) is 0 Å². The van der Waals surface area contributed by atoms with Gasteiger partial charge in [0.2, 0.25) is 10.0 Å². The zero-order valence-corrected chi connectivity index (χ0v) is 12.8. The van der Waals surface area contributed by atoms with E-state index in [4.69, 9.17) is 10.5 Å². The van der Waals surface area contributed by atoms with E-state index in [0.29, 0.717) is 0 Å². The molecule has 0 amide bonds. The van der Waals surface area contributed by atoms with Crippen LogP contribution in [0.1, 0.15) is 24.8 Å². The van der Waals surface area contributed by atoms with E-state index in [1.54, 1.807) is 31.4 Å². The molecule has 1 aliphatic rings. The molecule has 6 heteroatoms. The van der Waals surface area contributed by atoms with E-state index in [9.17, 15) is 8.42 Å². The average Bonchev–Trinajstić information content (AvgIpc) is 2.92. The van der Waals surface area contributed by atoms with E-state index in [1.807, 2.05) is 0 Å². The van der Waals surface area contributed by atoms with Crippen LogP contribution in [0.4, 0.5) is 0 Å². The monoisotopic (exact) mass is 308 g/mol. The van der Waals surface area contributed by atoms with Gasteiger partial charge < -0.3 is 10.5 Å². The summed E-state index contributed by atoms with van der Waals surface area (Å²) >= 11 is 0. The zero-order chi connectivity index (χ0) is 15.3. The molecule has 114 valence electrons. The summed E-state index contributed by atoms with van der Waals surface area (Å²) in [5, 5.41) is 0. The van der Waals surface area contributed by atoms with Crippen molar-refractivity contribution >= 4 is 10.0 Å². The lowest BCUT2D eigenvalue weighted by Gasteiger charge is -2.19. The first kappa shape index (κ1) is 16.0. The van der Waals surface area contributed by atoms with Gasteiger partial charge in [-0.25, -0.2) is 13.1 Å². The number of hydrogen-bond donors (Lipinski definition) is 2. The molecule has 2 rings (SSSR count). The molecule has 1 aromatic rings. The third kappa shape index (κ3) is 4.05. The minimum atomic E-state index is -3.53. The Kier molecular flexibility index (Phi) is 5.37. The van der Waals surface area contributed by atoms with Gasteiger partial charge in [-0.3, -0.25) is 0 Å². The lowest BCUT2D eigenvalue weighted by atomic mass is 10.2. The smallest absolute Gasteiger partial charge is 0.240 e. The van der Waals surface area contributed by atoms with Gasteiger partial charge >= 0.3 is 0 Å². The Balaban J connectivity index is 2.12. The second-order valence-electron chi connectivity index (χ2n) is 4.96. The standard InChI is InChI=1S/C15H20N2O3S/c1-20-15-6-2-5-14(15)17-21(18,19)13-9-7-12(8-10-13)4-3-11-16/h7-10,14-15,17H,2,5-6,11,16H2,1H3. The quantitative estimate of drug-likeness (QED) is 0.808. The lowest BCUT2D eigenvalue weighted by Crippen LogP contribution is -2.40. The number of benzene rings is 1. The van der Waals surface area contributed by atoms with E-state index in [2.05, 4.69) is 16.6 Å². The fourth-order valence-corrected chi connectivity index (χ4v) is 3.78. The number of nitrogens with two attached hydrogens (primary N) is 1. The highest BCUT2D eigenvalue weighted by Crippen LogP contribution is 2.23. The Bertz CT molecular complexity index is 629. The normalized spacial score (nSPS) is 21.8. The summed E-state index contributed by atoms with van der Waals surface area (Å²) in [5.74, 6) is 5.59. The molecular weight excluding hydrogens is 288 g/mol. The SMILES string of the molecule is COC1CCCC1NS(=O)(=O)c1ccc(C#CCN)cc1. The van der Waals surface area contributed by atoms with Crippen LogP contribution < -0.4 is 10.5 Å². The molecule has 21 heavy (non-hydrogen) atoms. The Morgan fingerprint density at radius 1 is 1.33 bits per heavy atom. The maximum absolute atomic E-state index is 12.4. The van der Waals surface area contributed by atoms with Crippen molar-refractivity contribution in [2.75, 3.05) is 13.7 Å². The van der Waals surface area contributed by atoms with Crippen molar-refractivity contribution in [1.82, 2.24) is 4.72 Å². The average molecular weight is 308 g/mol. The maximum atomic E-state index is 12.4. The van der Waals surface area contributed by atoms with Crippen molar-refractivity contribution in [3.63, 3.8) is 0 Å². The third-order valence-corrected chi connectivity index (χ3v) is 5.07. The summed E-state index contributed by atoms with van der Waals surface area (Å²) in [5.41, 5.74) is 6.05. The number of methoxy groups -OCH3 is 1. The van der Waals surface area contributed by atoms with E-state index >= 15 is 0 Å². The third-order valence-electron chi connectivity index (χ3n) is 3.56. The lowest BCUT2D eigenvalue weighted by molar-refractivity contribution is 0.0916. The minimum absolute atomic E-state index is 0.0468. The summed E-state index contributed by atoms with van der Waals surface area (Å²) in [6, 6.07) is 6.32. The molecule has 0 heterocycles. The molecule has 0 spiro atoms. The zero-order valence-electron chi connectivity index (χ0n) is 12.0. The molecule has 0 radical (unpaired) electrons. The van der Waals surface area contributed by atoms with Crippen LogP contribution in [0.5, 0.6) is 0 Å².